The molecule has 5 nitrogen and oxygen atoms in total. The van der Waals surface area contributed by atoms with Gasteiger partial charge in [0.05, 0.1) is 17.1 Å². The molecule has 3 aromatic rings. The van der Waals surface area contributed by atoms with E-state index in [1.165, 1.54) is 0 Å². The minimum absolute atomic E-state index is 0.285. The third-order valence-corrected chi connectivity index (χ3v) is 3.71. The average Bonchev–Trinajstić information content (AvgIpc) is 2.94. The Balaban J connectivity index is 2.00. The lowest BCUT2D eigenvalue weighted by Gasteiger charge is -2.03. The number of nitrogens with zero attached hydrogens (tertiary/aromatic N) is 1. The number of fused-ring (bicyclic) bond motifs is 1. The fourth-order valence-electron chi connectivity index (χ4n) is 2.32. The zero-order valence-electron chi connectivity index (χ0n) is 11.9. The first-order chi connectivity index (χ1) is 9.97. The van der Waals surface area contributed by atoms with Crippen LogP contribution in [0.3, 0.4) is 0 Å². The predicted molar refractivity (Wildman–Crippen MR) is 82.0 cm³/mol. The molecule has 1 aromatic carbocycles. The second kappa shape index (κ2) is 4.93. The van der Waals surface area contributed by atoms with Crippen molar-refractivity contribution >= 4 is 34.2 Å². The summed E-state index contributed by atoms with van der Waals surface area (Å²) in [5, 5.41) is 11.2. The van der Waals surface area contributed by atoms with Crippen molar-refractivity contribution in [2.45, 2.75) is 20.8 Å². The number of hydrogen-bond acceptors (Lipinski definition) is 3. The Morgan fingerprint density at radius 2 is 2.10 bits per heavy atom. The summed E-state index contributed by atoms with van der Waals surface area (Å²) < 4.78 is 5.64. The number of furan rings is 1. The number of aryl methyl sites for hydroxylation is 3. The van der Waals surface area contributed by atoms with Gasteiger partial charge in [0.2, 0.25) is 0 Å². The molecule has 1 amide bonds. The van der Waals surface area contributed by atoms with Crippen LogP contribution in [0.2, 0.25) is 5.02 Å². The summed E-state index contributed by atoms with van der Waals surface area (Å²) in [6.07, 6.45) is 0. The fraction of sp³-hybridized carbons (Fsp3) is 0.200. The highest BCUT2D eigenvalue weighted by Gasteiger charge is 2.20. The lowest BCUT2D eigenvalue weighted by Crippen LogP contribution is -2.13. The van der Waals surface area contributed by atoms with Crippen LogP contribution in [0.4, 0.5) is 5.69 Å². The molecule has 0 saturated heterocycles. The van der Waals surface area contributed by atoms with Gasteiger partial charge in [0.25, 0.3) is 5.91 Å². The number of halogens is 1. The molecule has 0 bridgehead atoms. The molecule has 0 aliphatic rings. The van der Waals surface area contributed by atoms with E-state index in [-0.39, 0.29) is 11.7 Å². The monoisotopic (exact) mass is 303 g/mol. The number of benzene rings is 1. The molecular formula is C15H14ClN3O2. The van der Waals surface area contributed by atoms with Crippen molar-refractivity contribution in [2.24, 2.45) is 0 Å². The number of hydrogen-bond donors (Lipinski definition) is 2. The number of anilines is 1. The van der Waals surface area contributed by atoms with Gasteiger partial charge in [-0.25, -0.2) is 0 Å². The lowest BCUT2D eigenvalue weighted by atomic mass is 10.1. The van der Waals surface area contributed by atoms with Gasteiger partial charge in [0.1, 0.15) is 5.58 Å². The van der Waals surface area contributed by atoms with Crippen molar-refractivity contribution < 1.29 is 9.21 Å². The molecule has 0 aliphatic heterocycles. The van der Waals surface area contributed by atoms with Gasteiger partial charge in [0, 0.05) is 16.0 Å². The minimum Gasteiger partial charge on any atom is -0.451 e. The van der Waals surface area contributed by atoms with Gasteiger partial charge in [-0.05, 0) is 39.0 Å². The molecule has 0 saturated carbocycles. The quantitative estimate of drug-likeness (QED) is 0.752. The van der Waals surface area contributed by atoms with Crippen molar-refractivity contribution in [1.29, 1.82) is 0 Å². The summed E-state index contributed by atoms with van der Waals surface area (Å²) in [7, 11) is 0. The normalized spacial score (nSPS) is 11.0. The van der Waals surface area contributed by atoms with Crippen molar-refractivity contribution in [1.82, 2.24) is 10.2 Å². The highest BCUT2D eigenvalue weighted by molar-refractivity contribution is 6.31. The number of amides is 1. The van der Waals surface area contributed by atoms with Gasteiger partial charge < -0.3 is 9.73 Å². The van der Waals surface area contributed by atoms with E-state index < -0.39 is 0 Å². The van der Waals surface area contributed by atoms with Crippen LogP contribution in [-0.2, 0) is 0 Å². The molecule has 0 fully saturated rings. The molecule has 0 atom stereocenters. The van der Waals surface area contributed by atoms with Crippen LogP contribution in [0.1, 0.15) is 27.5 Å². The van der Waals surface area contributed by atoms with E-state index in [9.17, 15) is 4.79 Å². The Bertz CT molecular complexity index is 829. The van der Waals surface area contributed by atoms with Crippen molar-refractivity contribution in [3.05, 3.63) is 45.9 Å². The van der Waals surface area contributed by atoms with Crippen LogP contribution >= 0.6 is 11.6 Å². The summed E-state index contributed by atoms with van der Waals surface area (Å²) >= 11 is 5.98. The third kappa shape index (κ3) is 2.29. The summed E-state index contributed by atoms with van der Waals surface area (Å²) in [5.74, 6) is -0.0142. The van der Waals surface area contributed by atoms with Crippen LogP contribution in [0, 0.1) is 20.8 Å². The minimum atomic E-state index is -0.299. The van der Waals surface area contributed by atoms with Crippen molar-refractivity contribution in [2.75, 3.05) is 5.32 Å². The van der Waals surface area contributed by atoms with Gasteiger partial charge in [-0.3, -0.25) is 9.89 Å². The largest absolute Gasteiger partial charge is 0.451 e. The molecule has 2 aromatic heterocycles. The number of aromatic amines is 1. The smallest absolute Gasteiger partial charge is 0.291 e. The Labute approximate surface area is 126 Å². The Kier molecular flexibility index (Phi) is 3.22. The highest BCUT2D eigenvalue weighted by atomic mass is 35.5. The zero-order valence-corrected chi connectivity index (χ0v) is 12.6. The van der Waals surface area contributed by atoms with Gasteiger partial charge in [-0.1, -0.05) is 11.6 Å². The third-order valence-electron chi connectivity index (χ3n) is 3.47. The van der Waals surface area contributed by atoms with E-state index in [4.69, 9.17) is 16.0 Å². The maximum Gasteiger partial charge on any atom is 0.291 e. The molecule has 2 N–H and O–H groups in total. The highest BCUT2D eigenvalue weighted by Crippen LogP contribution is 2.28. The SMILES string of the molecule is Cc1n[nH]c(C)c1NC(=O)c1oc2ccc(Cl)cc2c1C. The second-order valence-corrected chi connectivity index (χ2v) is 5.40. The molecule has 3 rings (SSSR count). The Morgan fingerprint density at radius 3 is 2.76 bits per heavy atom. The number of nitrogens with one attached hydrogen (secondary N) is 2. The second-order valence-electron chi connectivity index (χ2n) is 4.96. The number of aromatic nitrogens is 2. The van der Waals surface area contributed by atoms with E-state index in [1.807, 2.05) is 20.8 Å². The number of carbonyl (C=O) groups excluding carboxylic acids is 1. The molecule has 21 heavy (non-hydrogen) atoms. The molecule has 0 spiro atoms. The fourth-order valence-corrected chi connectivity index (χ4v) is 2.49. The molecule has 0 radical (unpaired) electrons. The van der Waals surface area contributed by atoms with Crippen molar-refractivity contribution in [3.63, 3.8) is 0 Å². The Hall–Kier alpha value is -2.27. The van der Waals surface area contributed by atoms with Crippen LogP contribution in [0.5, 0.6) is 0 Å². The topological polar surface area (TPSA) is 70.9 Å². The zero-order chi connectivity index (χ0) is 15.1. The summed E-state index contributed by atoms with van der Waals surface area (Å²) in [4.78, 5) is 12.4. The molecule has 2 heterocycles. The lowest BCUT2D eigenvalue weighted by molar-refractivity contribution is 0.0997. The molecule has 108 valence electrons. The first kappa shape index (κ1) is 13.7. The predicted octanol–water partition coefficient (Wildman–Crippen LogP) is 3.99. The van der Waals surface area contributed by atoms with E-state index in [2.05, 4.69) is 15.5 Å². The maximum absolute atomic E-state index is 12.4. The molecule has 6 heteroatoms. The molecule has 0 aliphatic carbocycles. The van der Waals surface area contributed by atoms with Crippen molar-refractivity contribution in [3.8, 4) is 0 Å². The number of H-pyrrole nitrogens is 1. The number of rotatable bonds is 2. The van der Waals surface area contributed by atoms with E-state index in [0.717, 1.165) is 22.3 Å². The van der Waals surface area contributed by atoms with Gasteiger partial charge >= 0.3 is 0 Å². The summed E-state index contributed by atoms with van der Waals surface area (Å²) in [6.45, 7) is 5.51. The van der Waals surface area contributed by atoms with E-state index in [1.54, 1.807) is 18.2 Å². The molecule has 0 unspecified atom stereocenters. The van der Waals surface area contributed by atoms with Gasteiger partial charge in [-0.15, -0.1) is 0 Å². The molecular weight excluding hydrogens is 290 g/mol. The Morgan fingerprint density at radius 1 is 1.33 bits per heavy atom. The maximum atomic E-state index is 12.4. The standard InChI is InChI=1S/C15H14ClN3O2/c1-7-11-6-10(16)4-5-12(11)21-14(7)15(20)17-13-8(2)18-19-9(13)3/h4-6H,1-3H3,(H,17,20)(H,18,19). The van der Waals surface area contributed by atoms with Gasteiger partial charge in [0.15, 0.2) is 5.76 Å². The van der Waals surface area contributed by atoms with E-state index >= 15 is 0 Å². The van der Waals surface area contributed by atoms with Gasteiger partial charge in [-0.2, -0.15) is 5.10 Å². The number of carbonyl (C=O) groups is 1. The summed E-state index contributed by atoms with van der Waals surface area (Å²) in [5.41, 5.74) is 3.62. The summed E-state index contributed by atoms with van der Waals surface area (Å²) in [6, 6.07) is 5.29. The van der Waals surface area contributed by atoms with Crippen LogP contribution in [0.15, 0.2) is 22.6 Å². The van der Waals surface area contributed by atoms with E-state index in [0.29, 0.717) is 16.3 Å². The first-order valence-corrected chi connectivity index (χ1v) is 6.86. The first-order valence-electron chi connectivity index (χ1n) is 6.49. The van der Waals surface area contributed by atoms with Crippen LogP contribution in [-0.4, -0.2) is 16.1 Å². The van der Waals surface area contributed by atoms with Crippen LogP contribution in [0.25, 0.3) is 11.0 Å². The average molecular weight is 304 g/mol. The van der Waals surface area contributed by atoms with Crippen LogP contribution < -0.4 is 5.32 Å².